The lowest BCUT2D eigenvalue weighted by Gasteiger charge is -2.22. The number of nitriles is 1. The van der Waals surface area contributed by atoms with Crippen molar-refractivity contribution in [2.45, 2.75) is 43.9 Å². The van der Waals surface area contributed by atoms with Gasteiger partial charge in [-0.1, -0.05) is 23.4 Å². The van der Waals surface area contributed by atoms with Gasteiger partial charge in [0, 0.05) is 17.1 Å². The SMILES string of the molecule is CCn1c(SCC(=O)N[C@@](C)(C#N)C2CC2)nnc1-c1ccc(Cl)cc1. The van der Waals surface area contributed by atoms with Crippen molar-refractivity contribution in [3.63, 3.8) is 0 Å². The highest BCUT2D eigenvalue weighted by atomic mass is 35.5. The molecule has 1 saturated carbocycles. The van der Waals surface area contributed by atoms with Gasteiger partial charge in [-0.05, 0) is 56.9 Å². The number of nitrogens with one attached hydrogen (secondary N) is 1. The van der Waals surface area contributed by atoms with Crippen LogP contribution in [0.25, 0.3) is 11.4 Å². The van der Waals surface area contributed by atoms with E-state index >= 15 is 0 Å². The summed E-state index contributed by atoms with van der Waals surface area (Å²) >= 11 is 7.26. The average Bonchev–Trinajstić information content (AvgIpc) is 3.42. The lowest BCUT2D eigenvalue weighted by molar-refractivity contribution is -0.119. The molecule has 0 spiro atoms. The van der Waals surface area contributed by atoms with Crippen molar-refractivity contribution < 1.29 is 4.79 Å². The van der Waals surface area contributed by atoms with Crippen LogP contribution in [0, 0.1) is 17.2 Å². The molecule has 0 unspecified atom stereocenters. The van der Waals surface area contributed by atoms with Crippen LogP contribution in [-0.4, -0.2) is 32.0 Å². The van der Waals surface area contributed by atoms with Crippen LogP contribution >= 0.6 is 23.4 Å². The first-order valence-corrected chi connectivity index (χ1v) is 9.87. The van der Waals surface area contributed by atoms with Crippen molar-refractivity contribution in [1.29, 1.82) is 5.26 Å². The molecule has 0 saturated heterocycles. The van der Waals surface area contributed by atoms with E-state index in [1.165, 1.54) is 11.8 Å². The number of halogens is 1. The molecule has 1 fully saturated rings. The smallest absolute Gasteiger partial charge is 0.231 e. The molecule has 1 N–H and O–H groups in total. The normalized spacial score (nSPS) is 15.9. The minimum Gasteiger partial charge on any atom is -0.337 e. The largest absolute Gasteiger partial charge is 0.337 e. The Morgan fingerprint density at radius 1 is 1.42 bits per heavy atom. The molecule has 1 atom stereocenters. The summed E-state index contributed by atoms with van der Waals surface area (Å²) < 4.78 is 1.96. The van der Waals surface area contributed by atoms with E-state index in [1.807, 2.05) is 35.8 Å². The third-order valence-corrected chi connectivity index (χ3v) is 5.71. The average molecular weight is 390 g/mol. The number of thioether (sulfide) groups is 1. The zero-order valence-corrected chi connectivity index (χ0v) is 16.3. The molecular weight excluding hydrogens is 370 g/mol. The molecule has 1 aliphatic rings. The highest BCUT2D eigenvalue weighted by Crippen LogP contribution is 2.39. The second-order valence-electron chi connectivity index (χ2n) is 6.48. The fourth-order valence-corrected chi connectivity index (χ4v) is 3.76. The highest BCUT2D eigenvalue weighted by molar-refractivity contribution is 7.99. The molecule has 8 heteroatoms. The lowest BCUT2D eigenvalue weighted by atomic mass is 9.98. The molecule has 0 bridgehead atoms. The van der Waals surface area contributed by atoms with Crippen LogP contribution in [-0.2, 0) is 11.3 Å². The van der Waals surface area contributed by atoms with Crippen LogP contribution < -0.4 is 5.32 Å². The number of benzene rings is 1. The first-order chi connectivity index (χ1) is 12.5. The summed E-state index contributed by atoms with van der Waals surface area (Å²) in [6, 6.07) is 9.65. The van der Waals surface area contributed by atoms with E-state index in [9.17, 15) is 10.1 Å². The Balaban J connectivity index is 1.68. The van der Waals surface area contributed by atoms with Crippen LogP contribution in [0.15, 0.2) is 29.4 Å². The minimum absolute atomic E-state index is 0.162. The Labute approximate surface area is 161 Å². The van der Waals surface area contributed by atoms with Crippen molar-refractivity contribution in [2.24, 2.45) is 5.92 Å². The fraction of sp³-hybridized carbons (Fsp3) is 0.444. The molecular formula is C18H20ClN5OS. The topological polar surface area (TPSA) is 83.6 Å². The van der Waals surface area contributed by atoms with Gasteiger partial charge in [0.25, 0.3) is 0 Å². The standard InChI is InChI=1S/C18H20ClN5OS/c1-3-24-16(12-4-8-14(19)9-5-12)22-23-17(24)26-10-15(25)21-18(2,11-20)13-6-7-13/h4-5,8-9,13H,3,6-7,10H2,1-2H3,(H,21,25)/t18-/m0/s1. The van der Waals surface area contributed by atoms with E-state index in [0.29, 0.717) is 16.7 Å². The molecule has 1 heterocycles. The zero-order chi connectivity index (χ0) is 18.7. The summed E-state index contributed by atoms with van der Waals surface area (Å²) in [5.41, 5.74) is 0.149. The molecule has 0 radical (unpaired) electrons. The Morgan fingerprint density at radius 2 is 2.12 bits per heavy atom. The predicted octanol–water partition coefficient (Wildman–Crippen LogP) is 3.52. The van der Waals surface area contributed by atoms with Gasteiger partial charge in [-0.2, -0.15) is 5.26 Å². The number of hydrogen-bond donors (Lipinski definition) is 1. The number of carbonyl (C=O) groups excluding carboxylic acids is 1. The van der Waals surface area contributed by atoms with Gasteiger partial charge in [0.2, 0.25) is 5.91 Å². The second-order valence-corrected chi connectivity index (χ2v) is 7.86. The molecule has 1 aromatic carbocycles. The number of aromatic nitrogens is 3. The molecule has 1 amide bonds. The van der Waals surface area contributed by atoms with Crippen LogP contribution in [0.5, 0.6) is 0 Å². The first-order valence-electron chi connectivity index (χ1n) is 8.51. The summed E-state index contributed by atoms with van der Waals surface area (Å²) in [6.07, 6.45) is 1.98. The Kier molecular flexibility index (Phi) is 5.54. The minimum atomic E-state index is -0.773. The van der Waals surface area contributed by atoms with Crippen molar-refractivity contribution in [3.05, 3.63) is 29.3 Å². The Morgan fingerprint density at radius 3 is 2.69 bits per heavy atom. The van der Waals surface area contributed by atoms with E-state index in [2.05, 4.69) is 21.6 Å². The van der Waals surface area contributed by atoms with Gasteiger partial charge >= 0.3 is 0 Å². The predicted molar refractivity (Wildman–Crippen MR) is 102 cm³/mol. The Hall–Kier alpha value is -2.04. The summed E-state index contributed by atoms with van der Waals surface area (Å²) in [4.78, 5) is 12.3. The summed E-state index contributed by atoms with van der Waals surface area (Å²) in [5, 5.41) is 22.0. The van der Waals surface area contributed by atoms with E-state index < -0.39 is 5.54 Å². The van der Waals surface area contributed by atoms with Gasteiger partial charge in [-0.3, -0.25) is 4.79 Å². The summed E-state index contributed by atoms with van der Waals surface area (Å²) in [7, 11) is 0. The van der Waals surface area contributed by atoms with Gasteiger partial charge < -0.3 is 9.88 Å². The Bertz CT molecular complexity index is 840. The van der Waals surface area contributed by atoms with Crippen molar-refractivity contribution >= 4 is 29.3 Å². The van der Waals surface area contributed by atoms with Crippen LogP contribution in [0.1, 0.15) is 26.7 Å². The van der Waals surface area contributed by atoms with E-state index in [4.69, 9.17) is 11.6 Å². The summed E-state index contributed by atoms with van der Waals surface area (Å²) in [6.45, 7) is 4.49. The maximum atomic E-state index is 12.3. The maximum absolute atomic E-state index is 12.3. The van der Waals surface area contributed by atoms with Gasteiger partial charge in [-0.25, -0.2) is 0 Å². The molecule has 6 nitrogen and oxygen atoms in total. The van der Waals surface area contributed by atoms with Crippen LogP contribution in [0.3, 0.4) is 0 Å². The lowest BCUT2D eigenvalue weighted by Crippen LogP contribution is -2.47. The first kappa shape index (κ1) is 18.7. The number of carbonyl (C=O) groups is 1. The van der Waals surface area contributed by atoms with Crippen LogP contribution in [0.2, 0.25) is 5.02 Å². The van der Waals surface area contributed by atoms with Crippen molar-refractivity contribution in [3.8, 4) is 17.5 Å². The molecule has 136 valence electrons. The number of hydrogen-bond acceptors (Lipinski definition) is 5. The number of rotatable bonds is 7. The monoisotopic (exact) mass is 389 g/mol. The zero-order valence-electron chi connectivity index (χ0n) is 14.7. The maximum Gasteiger partial charge on any atom is 0.231 e. The fourth-order valence-electron chi connectivity index (χ4n) is 2.83. The third-order valence-electron chi connectivity index (χ3n) is 4.49. The summed E-state index contributed by atoms with van der Waals surface area (Å²) in [5.74, 6) is 1.04. The quantitative estimate of drug-likeness (QED) is 0.732. The number of amides is 1. The molecule has 1 aromatic heterocycles. The third kappa shape index (κ3) is 4.02. The molecule has 3 rings (SSSR count). The van der Waals surface area contributed by atoms with Gasteiger partial charge in [0.1, 0.15) is 5.54 Å². The van der Waals surface area contributed by atoms with Crippen LogP contribution in [0.4, 0.5) is 0 Å². The van der Waals surface area contributed by atoms with E-state index in [0.717, 1.165) is 24.2 Å². The molecule has 0 aliphatic heterocycles. The van der Waals surface area contributed by atoms with E-state index in [-0.39, 0.29) is 17.6 Å². The highest BCUT2D eigenvalue weighted by Gasteiger charge is 2.42. The van der Waals surface area contributed by atoms with Gasteiger partial charge in [0.15, 0.2) is 11.0 Å². The molecule has 1 aliphatic carbocycles. The van der Waals surface area contributed by atoms with Crippen molar-refractivity contribution in [1.82, 2.24) is 20.1 Å². The second kappa shape index (κ2) is 7.68. The molecule has 2 aromatic rings. The number of nitrogens with zero attached hydrogens (tertiary/aromatic N) is 4. The molecule has 26 heavy (non-hydrogen) atoms. The van der Waals surface area contributed by atoms with Crippen molar-refractivity contribution in [2.75, 3.05) is 5.75 Å². The van der Waals surface area contributed by atoms with Gasteiger partial charge in [-0.15, -0.1) is 10.2 Å². The van der Waals surface area contributed by atoms with Gasteiger partial charge in [0.05, 0.1) is 11.8 Å². The van der Waals surface area contributed by atoms with E-state index in [1.54, 1.807) is 6.92 Å².